The van der Waals surface area contributed by atoms with E-state index in [0.29, 0.717) is 40.8 Å². The first kappa shape index (κ1) is 50.8. The SMILES string of the molecule is CC(C)c1ccc(-c2c(Oc3[c-]c4c(cc3)c3ccc(Oc5[c-]c(-c6ccccn6)cc(C(C)C)c5-c5ccc(C(C)C)cc5)[c-]c3n4-c3ncccn3)[c-]c(-c3ccccn3)cc2C(C)C)cc1.[Pd+2].[Pt+2]. The standard InChI is InChI=1S/C62H53N5O2.Pd.Pt/c1-38(2)42-16-20-44(21-17-42)60-52(40(5)6)32-46(54-14-9-11-28-63-54)34-58(60)68-48-24-26-50-51-27-25-49(37-57(51)67(56(50)36-48)62-65-30-13-31-66-62)69-59-35-47(55-15-10-12-29-64-55)33-53(41(7)8)61(59)45-22-18-43(19-23-45)39(3)4;;/h9-33,38-41H,1-8H3;;/q-4;2*+2. The van der Waals surface area contributed by atoms with Gasteiger partial charge in [-0.05, 0) is 64.4 Å². The van der Waals surface area contributed by atoms with E-state index in [0.717, 1.165) is 77.7 Å². The van der Waals surface area contributed by atoms with E-state index in [1.54, 1.807) is 12.4 Å². The normalized spacial score (nSPS) is 11.4. The van der Waals surface area contributed by atoms with Crippen molar-refractivity contribution in [2.45, 2.75) is 79.1 Å². The van der Waals surface area contributed by atoms with Crippen molar-refractivity contribution in [3.8, 4) is 73.7 Å². The molecule has 0 radical (unpaired) electrons. The molecule has 9 heteroatoms. The Hall–Kier alpha value is -6.55. The Morgan fingerprint density at radius 3 is 1.21 bits per heavy atom. The molecule has 7 nitrogen and oxygen atoms in total. The minimum Gasteiger partial charge on any atom is -0.502 e. The maximum Gasteiger partial charge on any atom is 2.00 e. The predicted molar refractivity (Wildman–Crippen MR) is 278 cm³/mol. The van der Waals surface area contributed by atoms with Crippen molar-refractivity contribution in [3.05, 3.63) is 199 Å². The van der Waals surface area contributed by atoms with Gasteiger partial charge in [0.2, 0.25) is 5.95 Å². The number of nitrogens with zero attached hydrogens (tertiary/aromatic N) is 5. The van der Waals surface area contributed by atoms with Crippen LogP contribution in [0.15, 0.2) is 152 Å². The summed E-state index contributed by atoms with van der Waals surface area (Å²) < 4.78 is 16.0. The topological polar surface area (TPSA) is 75.0 Å². The fourth-order valence-corrected chi connectivity index (χ4v) is 8.98. The fraction of sp³-hybridized carbons (Fsp3) is 0.194. The van der Waals surface area contributed by atoms with Crippen molar-refractivity contribution in [2.24, 2.45) is 0 Å². The Kier molecular flexibility index (Phi) is 15.6. The van der Waals surface area contributed by atoms with Crippen molar-refractivity contribution in [1.82, 2.24) is 24.5 Å². The summed E-state index contributed by atoms with van der Waals surface area (Å²) in [5.74, 6) is 3.84. The molecule has 4 aromatic heterocycles. The predicted octanol–water partition coefficient (Wildman–Crippen LogP) is 16.3. The van der Waals surface area contributed by atoms with Gasteiger partial charge in [-0.2, -0.15) is 22.9 Å². The molecule has 0 aliphatic rings. The van der Waals surface area contributed by atoms with Crippen molar-refractivity contribution in [2.75, 3.05) is 0 Å². The van der Waals surface area contributed by atoms with E-state index in [2.05, 4.69) is 152 Å². The number of benzene rings is 6. The summed E-state index contributed by atoms with van der Waals surface area (Å²) in [6, 6.07) is 58.3. The Labute approximate surface area is 445 Å². The van der Waals surface area contributed by atoms with E-state index in [4.69, 9.17) is 29.4 Å². The van der Waals surface area contributed by atoms with Crippen LogP contribution in [0.3, 0.4) is 0 Å². The Balaban J connectivity index is 0.00000338. The molecule has 0 amide bonds. The van der Waals surface area contributed by atoms with Crippen LogP contribution in [0.5, 0.6) is 23.0 Å². The van der Waals surface area contributed by atoms with Gasteiger partial charge in [-0.15, -0.1) is 58.7 Å². The van der Waals surface area contributed by atoms with E-state index in [1.165, 1.54) is 11.1 Å². The zero-order valence-corrected chi connectivity index (χ0v) is 44.8. The van der Waals surface area contributed by atoms with Gasteiger partial charge >= 0.3 is 41.5 Å². The van der Waals surface area contributed by atoms with Crippen LogP contribution >= 0.6 is 0 Å². The minimum absolute atomic E-state index is 0. The van der Waals surface area contributed by atoms with Crippen LogP contribution in [-0.2, 0) is 41.5 Å². The van der Waals surface area contributed by atoms with Crippen molar-refractivity contribution in [1.29, 1.82) is 0 Å². The summed E-state index contributed by atoms with van der Waals surface area (Å²) >= 11 is 0. The summed E-state index contributed by atoms with van der Waals surface area (Å²) in [6.07, 6.45) is 7.10. The van der Waals surface area contributed by atoms with Gasteiger partial charge in [0.15, 0.2) is 0 Å². The van der Waals surface area contributed by atoms with Crippen molar-refractivity contribution in [3.63, 3.8) is 0 Å². The van der Waals surface area contributed by atoms with Crippen LogP contribution in [0.1, 0.15) is 101 Å². The zero-order chi connectivity index (χ0) is 47.8. The van der Waals surface area contributed by atoms with E-state index in [9.17, 15) is 0 Å². The van der Waals surface area contributed by atoms with Gasteiger partial charge in [0.05, 0.1) is 0 Å². The number of pyridine rings is 2. The largest absolute Gasteiger partial charge is 2.00 e. The third kappa shape index (κ3) is 10.4. The Bertz CT molecular complexity index is 3220. The van der Waals surface area contributed by atoms with Crippen LogP contribution in [-0.4, -0.2) is 24.5 Å². The monoisotopic (exact) mass is 1200 g/mol. The number of hydrogen-bond acceptors (Lipinski definition) is 6. The van der Waals surface area contributed by atoms with E-state index in [1.807, 2.05) is 71.6 Å². The number of hydrogen-bond donors (Lipinski definition) is 0. The van der Waals surface area contributed by atoms with Gasteiger partial charge in [0, 0.05) is 47.8 Å². The number of ether oxygens (including phenoxy) is 2. The molecule has 0 bridgehead atoms. The third-order valence-electron chi connectivity index (χ3n) is 12.7. The molecular weight excluding hydrogens is 1150 g/mol. The molecule has 358 valence electrons. The summed E-state index contributed by atoms with van der Waals surface area (Å²) in [4.78, 5) is 18.9. The van der Waals surface area contributed by atoms with Gasteiger partial charge < -0.3 is 24.0 Å². The second kappa shape index (κ2) is 21.8. The molecule has 6 aromatic carbocycles. The van der Waals surface area contributed by atoms with Gasteiger partial charge in [0.1, 0.15) is 0 Å². The van der Waals surface area contributed by atoms with Crippen LogP contribution in [0.25, 0.3) is 72.5 Å². The van der Waals surface area contributed by atoms with Gasteiger partial charge in [-0.3, -0.25) is 0 Å². The molecule has 0 aliphatic heterocycles. The van der Waals surface area contributed by atoms with Crippen LogP contribution in [0, 0.1) is 24.3 Å². The fourth-order valence-electron chi connectivity index (χ4n) is 8.98. The summed E-state index contributed by atoms with van der Waals surface area (Å²) in [5, 5.41) is 1.87. The second-order valence-corrected chi connectivity index (χ2v) is 18.7. The third-order valence-corrected chi connectivity index (χ3v) is 12.7. The average Bonchev–Trinajstić information content (AvgIpc) is 3.69. The first-order chi connectivity index (χ1) is 33.5. The summed E-state index contributed by atoms with van der Waals surface area (Å²) in [5.41, 5.74) is 13.7. The number of rotatable bonds is 13. The first-order valence-corrected chi connectivity index (χ1v) is 23.8. The summed E-state index contributed by atoms with van der Waals surface area (Å²) in [7, 11) is 0. The molecule has 0 unspecified atom stereocenters. The maximum atomic E-state index is 7.01. The molecule has 0 spiro atoms. The molecule has 10 rings (SSSR count). The molecule has 71 heavy (non-hydrogen) atoms. The molecule has 0 aliphatic carbocycles. The van der Waals surface area contributed by atoms with Crippen LogP contribution in [0.4, 0.5) is 0 Å². The van der Waals surface area contributed by atoms with Gasteiger partial charge in [-0.25, -0.2) is 9.97 Å². The Morgan fingerprint density at radius 2 is 0.845 bits per heavy atom. The molecule has 0 atom stereocenters. The second-order valence-electron chi connectivity index (χ2n) is 18.7. The molecule has 0 fully saturated rings. The number of aromatic nitrogens is 5. The van der Waals surface area contributed by atoms with Gasteiger partial charge in [-0.1, -0.05) is 174 Å². The zero-order valence-electron chi connectivity index (χ0n) is 40.9. The molecule has 4 heterocycles. The van der Waals surface area contributed by atoms with E-state index >= 15 is 0 Å². The average molecular weight is 1200 g/mol. The molecule has 0 N–H and O–H groups in total. The molecule has 0 saturated carbocycles. The first-order valence-electron chi connectivity index (χ1n) is 23.8. The minimum atomic E-state index is 0. The van der Waals surface area contributed by atoms with Crippen molar-refractivity contribution >= 4 is 21.8 Å². The van der Waals surface area contributed by atoms with Crippen LogP contribution in [0.2, 0.25) is 0 Å². The Morgan fingerprint density at radius 1 is 0.437 bits per heavy atom. The number of fused-ring (bicyclic) bond motifs is 3. The van der Waals surface area contributed by atoms with Gasteiger partial charge in [0.25, 0.3) is 0 Å². The quantitative estimate of drug-likeness (QED) is 0.0846. The van der Waals surface area contributed by atoms with Crippen LogP contribution < -0.4 is 9.47 Å². The van der Waals surface area contributed by atoms with Crippen molar-refractivity contribution < 1.29 is 51.0 Å². The smallest absolute Gasteiger partial charge is 0.502 e. The molecule has 0 saturated heterocycles. The van der Waals surface area contributed by atoms with E-state index in [-0.39, 0.29) is 53.3 Å². The molecular formula is C62H53N5O2PdPt. The van der Waals surface area contributed by atoms with E-state index < -0.39 is 0 Å². The summed E-state index contributed by atoms with van der Waals surface area (Å²) in [6.45, 7) is 17.7. The molecule has 10 aromatic rings. The maximum absolute atomic E-state index is 7.01.